The molecule has 0 saturated heterocycles. The van der Waals surface area contributed by atoms with E-state index in [0.29, 0.717) is 5.56 Å². The predicted molar refractivity (Wildman–Crippen MR) is 122 cm³/mol. The largest absolute Gasteiger partial charge is 0.508 e. The minimum absolute atomic E-state index is 0.0270. The molecule has 35 heavy (non-hydrogen) atoms. The van der Waals surface area contributed by atoms with Crippen molar-refractivity contribution in [1.82, 2.24) is 16.0 Å². The second-order valence-electron chi connectivity index (χ2n) is 8.41. The molecule has 0 saturated carbocycles. The van der Waals surface area contributed by atoms with Crippen molar-refractivity contribution in [2.45, 2.75) is 57.3 Å². The maximum absolute atomic E-state index is 12.6. The molecule has 1 aromatic carbocycles. The first-order chi connectivity index (χ1) is 16.3. The van der Waals surface area contributed by atoms with Crippen LogP contribution in [0.2, 0.25) is 0 Å². The van der Waals surface area contributed by atoms with E-state index < -0.39 is 66.9 Å². The summed E-state index contributed by atoms with van der Waals surface area (Å²) in [6.07, 6.45) is -0.685. The number of aromatic hydroxyl groups is 1. The van der Waals surface area contributed by atoms with Crippen LogP contribution in [0.4, 0.5) is 0 Å². The first-order valence-corrected chi connectivity index (χ1v) is 10.8. The van der Waals surface area contributed by atoms with E-state index >= 15 is 0 Å². The van der Waals surface area contributed by atoms with Crippen molar-refractivity contribution >= 4 is 29.7 Å². The lowest BCUT2D eigenvalue weighted by atomic mass is 10.0. The van der Waals surface area contributed by atoms with E-state index in [9.17, 15) is 39.3 Å². The van der Waals surface area contributed by atoms with Gasteiger partial charge in [0.05, 0.1) is 19.1 Å². The molecule has 13 nitrogen and oxygen atoms in total. The van der Waals surface area contributed by atoms with Gasteiger partial charge in [0.2, 0.25) is 17.7 Å². The molecule has 0 fully saturated rings. The van der Waals surface area contributed by atoms with E-state index in [1.807, 2.05) is 13.8 Å². The number of carboxylic acid groups (broad SMARTS) is 2. The maximum Gasteiger partial charge on any atom is 0.326 e. The molecular formula is C22H32N4O9. The van der Waals surface area contributed by atoms with Gasteiger partial charge in [-0.25, -0.2) is 4.79 Å². The van der Waals surface area contributed by atoms with E-state index in [4.69, 9.17) is 10.8 Å². The Labute approximate surface area is 201 Å². The third kappa shape index (κ3) is 10.4. The Bertz CT molecular complexity index is 905. The number of nitrogens with one attached hydrogen (secondary N) is 3. The zero-order chi connectivity index (χ0) is 26.7. The molecule has 3 amide bonds. The second kappa shape index (κ2) is 13.9. The minimum atomic E-state index is -1.62. The summed E-state index contributed by atoms with van der Waals surface area (Å²) in [5.74, 6) is -5.63. The van der Waals surface area contributed by atoms with E-state index in [-0.39, 0.29) is 24.5 Å². The number of carboxylic acids is 2. The first-order valence-electron chi connectivity index (χ1n) is 10.8. The number of benzene rings is 1. The Kier molecular flexibility index (Phi) is 11.6. The number of nitrogens with two attached hydrogens (primary N) is 1. The minimum Gasteiger partial charge on any atom is -0.508 e. The van der Waals surface area contributed by atoms with Crippen LogP contribution in [0.3, 0.4) is 0 Å². The van der Waals surface area contributed by atoms with Gasteiger partial charge in [0.25, 0.3) is 0 Å². The van der Waals surface area contributed by atoms with Crippen LogP contribution in [0.15, 0.2) is 24.3 Å². The third-order valence-corrected chi connectivity index (χ3v) is 4.88. The molecule has 4 atom stereocenters. The normalized spacial score (nSPS) is 14.3. The van der Waals surface area contributed by atoms with Gasteiger partial charge in [-0.15, -0.1) is 0 Å². The highest BCUT2D eigenvalue weighted by Crippen LogP contribution is 2.11. The van der Waals surface area contributed by atoms with Crippen molar-refractivity contribution in [3.05, 3.63) is 29.8 Å². The number of amides is 3. The lowest BCUT2D eigenvalue weighted by Gasteiger charge is -2.24. The van der Waals surface area contributed by atoms with Gasteiger partial charge < -0.3 is 42.1 Å². The van der Waals surface area contributed by atoms with E-state index in [0.717, 1.165) is 0 Å². The monoisotopic (exact) mass is 496 g/mol. The van der Waals surface area contributed by atoms with Crippen molar-refractivity contribution in [2.24, 2.45) is 11.7 Å². The molecule has 0 heterocycles. The maximum atomic E-state index is 12.6. The molecule has 0 bridgehead atoms. The van der Waals surface area contributed by atoms with Crippen LogP contribution in [-0.2, 0) is 30.4 Å². The van der Waals surface area contributed by atoms with Crippen LogP contribution < -0.4 is 21.7 Å². The van der Waals surface area contributed by atoms with Crippen LogP contribution in [0, 0.1) is 5.92 Å². The van der Waals surface area contributed by atoms with Crippen LogP contribution in [0.1, 0.15) is 32.3 Å². The summed E-state index contributed by atoms with van der Waals surface area (Å²) in [6.45, 7) is 2.72. The van der Waals surface area contributed by atoms with Gasteiger partial charge in [-0.1, -0.05) is 26.0 Å². The van der Waals surface area contributed by atoms with Crippen molar-refractivity contribution in [3.8, 4) is 5.75 Å². The number of hydrogen-bond acceptors (Lipinski definition) is 8. The SMILES string of the molecule is CC(C)CC(N)C(=O)NC(CC(=O)O)C(=O)NC(CO)C(=O)NC(Cc1ccc(O)cc1)C(=O)O. The van der Waals surface area contributed by atoms with Gasteiger partial charge in [-0.05, 0) is 30.0 Å². The van der Waals surface area contributed by atoms with Gasteiger partial charge in [-0.2, -0.15) is 0 Å². The van der Waals surface area contributed by atoms with Crippen molar-refractivity contribution < 1.29 is 44.4 Å². The average molecular weight is 497 g/mol. The zero-order valence-electron chi connectivity index (χ0n) is 19.4. The summed E-state index contributed by atoms with van der Waals surface area (Å²) in [4.78, 5) is 60.2. The molecular weight excluding hydrogens is 464 g/mol. The molecule has 0 radical (unpaired) electrons. The Hall–Kier alpha value is -3.71. The van der Waals surface area contributed by atoms with Crippen LogP contribution in [0.5, 0.6) is 5.75 Å². The standard InChI is InChI=1S/C22H32N4O9/c1-11(2)7-14(23)19(31)24-15(9-18(29)30)20(32)26-17(10-27)21(33)25-16(22(34)35)8-12-3-5-13(28)6-4-12/h3-6,11,14-17,27-28H,7-10,23H2,1-2H3,(H,24,31)(H,25,33)(H,26,32)(H,29,30)(H,34,35). The van der Waals surface area contributed by atoms with Crippen molar-refractivity contribution in [3.63, 3.8) is 0 Å². The molecule has 0 aliphatic carbocycles. The Morgan fingerprint density at radius 3 is 1.86 bits per heavy atom. The lowest BCUT2D eigenvalue weighted by molar-refractivity contribution is -0.143. The van der Waals surface area contributed by atoms with Gasteiger partial charge in [-0.3, -0.25) is 19.2 Å². The van der Waals surface area contributed by atoms with E-state index in [1.165, 1.54) is 24.3 Å². The molecule has 13 heteroatoms. The molecule has 1 aromatic rings. The number of aliphatic hydroxyl groups is 1. The van der Waals surface area contributed by atoms with Gasteiger partial charge in [0.1, 0.15) is 23.9 Å². The van der Waals surface area contributed by atoms with Gasteiger partial charge in [0.15, 0.2) is 0 Å². The Morgan fingerprint density at radius 1 is 0.857 bits per heavy atom. The number of carbonyl (C=O) groups excluding carboxylic acids is 3. The number of aliphatic carboxylic acids is 2. The number of rotatable bonds is 14. The van der Waals surface area contributed by atoms with E-state index in [1.54, 1.807) is 0 Å². The van der Waals surface area contributed by atoms with Crippen LogP contribution in [-0.4, -0.2) is 80.9 Å². The molecule has 0 aliphatic rings. The molecule has 4 unspecified atom stereocenters. The highest BCUT2D eigenvalue weighted by Gasteiger charge is 2.31. The molecule has 0 spiro atoms. The van der Waals surface area contributed by atoms with Crippen molar-refractivity contribution in [2.75, 3.05) is 6.61 Å². The molecule has 0 aromatic heterocycles. The molecule has 194 valence electrons. The molecule has 0 aliphatic heterocycles. The van der Waals surface area contributed by atoms with Crippen molar-refractivity contribution in [1.29, 1.82) is 0 Å². The fourth-order valence-electron chi connectivity index (χ4n) is 3.08. The van der Waals surface area contributed by atoms with Crippen LogP contribution >= 0.6 is 0 Å². The fourth-order valence-corrected chi connectivity index (χ4v) is 3.08. The number of phenolic OH excluding ortho intramolecular Hbond substituents is 1. The Morgan fingerprint density at radius 2 is 1.37 bits per heavy atom. The third-order valence-electron chi connectivity index (χ3n) is 4.88. The second-order valence-corrected chi connectivity index (χ2v) is 8.41. The summed E-state index contributed by atoms with van der Waals surface area (Å²) >= 11 is 0. The van der Waals surface area contributed by atoms with Gasteiger partial charge >= 0.3 is 11.9 Å². The Balaban J connectivity index is 2.88. The van der Waals surface area contributed by atoms with E-state index in [2.05, 4.69) is 16.0 Å². The number of carbonyl (C=O) groups is 5. The topological polar surface area (TPSA) is 228 Å². The molecule has 9 N–H and O–H groups in total. The lowest BCUT2D eigenvalue weighted by Crippen LogP contribution is -2.58. The highest BCUT2D eigenvalue weighted by atomic mass is 16.4. The summed E-state index contributed by atoms with van der Waals surface area (Å²) in [5, 5.41) is 44.0. The number of hydrogen-bond donors (Lipinski definition) is 8. The summed E-state index contributed by atoms with van der Waals surface area (Å²) < 4.78 is 0. The summed E-state index contributed by atoms with van der Waals surface area (Å²) in [7, 11) is 0. The smallest absolute Gasteiger partial charge is 0.326 e. The van der Waals surface area contributed by atoms with Crippen LogP contribution in [0.25, 0.3) is 0 Å². The molecule has 1 rings (SSSR count). The average Bonchev–Trinajstić information content (AvgIpc) is 2.76. The number of aliphatic hydroxyl groups excluding tert-OH is 1. The predicted octanol–water partition coefficient (Wildman–Crippen LogP) is -1.69. The first kappa shape index (κ1) is 29.3. The van der Waals surface area contributed by atoms with Gasteiger partial charge in [0, 0.05) is 6.42 Å². The zero-order valence-corrected chi connectivity index (χ0v) is 19.4. The summed E-state index contributed by atoms with van der Waals surface area (Å²) in [6, 6.07) is -0.0199. The quantitative estimate of drug-likeness (QED) is 0.146. The summed E-state index contributed by atoms with van der Waals surface area (Å²) in [5.41, 5.74) is 6.25. The highest BCUT2D eigenvalue weighted by molar-refractivity contribution is 5.95. The number of phenols is 1. The fraction of sp³-hybridized carbons (Fsp3) is 0.500.